The number of rotatable bonds is 7. The quantitative estimate of drug-likeness (QED) is 0.339. The van der Waals surface area contributed by atoms with Gasteiger partial charge < -0.3 is 14.3 Å². The summed E-state index contributed by atoms with van der Waals surface area (Å²) in [6.45, 7) is 7.09. The second-order valence-corrected chi connectivity index (χ2v) is 6.84. The number of nitrogens with one attached hydrogen (secondary N) is 1. The molecule has 0 bridgehead atoms. The lowest BCUT2D eigenvalue weighted by molar-refractivity contribution is -0.181. The van der Waals surface area contributed by atoms with E-state index in [0.717, 1.165) is 12.8 Å². The van der Waals surface area contributed by atoms with Crippen LogP contribution in [0, 0.1) is 5.41 Å². The minimum Gasteiger partial charge on any atom is -0.420 e. The summed E-state index contributed by atoms with van der Waals surface area (Å²) in [4.78, 5) is 40.2. The van der Waals surface area contributed by atoms with E-state index in [4.69, 9.17) is 9.47 Å². The van der Waals surface area contributed by atoms with Gasteiger partial charge in [0.1, 0.15) is 0 Å². The Morgan fingerprint density at radius 2 is 1.69 bits per heavy atom. The number of unbranched alkanes of at least 4 members (excludes halogenated alkanes) is 2. The monoisotopic (exact) mass is 365 g/mol. The van der Waals surface area contributed by atoms with E-state index in [2.05, 4.69) is 4.84 Å². The molecule has 0 heterocycles. The van der Waals surface area contributed by atoms with E-state index < -0.39 is 29.7 Å². The zero-order chi connectivity index (χ0) is 19.6. The van der Waals surface area contributed by atoms with E-state index in [1.807, 2.05) is 12.4 Å². The smallest absolute Gasteiger partial charge is 0.420 e. The van der Waals surface area contributed by atoms with Crippen LogP contribution in [0.15, 0.2) is 30.3 Å². The number of amides is 1. The highest BCUT2D eigenvalue weighted by Gasteiger charge is 2.29. The fourth-order valence-corrected chi connectivity index (χ4v) is 1.83. The maximum atomic E-state index is 12.1. The summed E-state index contributed by atoms with van der Waals surface area (Å²) in [6, 6.07) is 8.55. The molecule has 7 heteroatoms. The van der Waals surface area contributed by atoms with E-state index in [1.165, 1.54) is 0 Å². The van der Waals surface area contributed by atoms with Crippen molar-refractivity contribution in [2.45, 2.75) is 59.7 Å². The van der Waals surface area contributed by atoms with E-state index in [9.17, 15) is 14.4 Å². The molecular formula is C19H27NO6. The van der Waals surface area contributed by atoms with Crippen LogP contribution in [0.2, 0.25) is 0 Å². The highest BCUT2D eigenvalue weighted by atomic mass is 16.8. The maximum Gasteiger partial charge on any atom is 0.444 e. The number of carbonyl (C=O) groups excluding carboxylic acids is 3. The number of carbonyl (C=O) groups is 3. The van der Waals surface area contributed by atoms with Crippen LogP contribution in [0.25, 0.3) is 0 Å². The zero-order valence-electron chi connectivity index (χ0n) is 15.7. The van der Waals surface area contributed by atoms with Gasteiger partial charge in [0.2, 0.25) is 0 Å². The first kappa shape index (κ1) is 21.5. The molecule has 1 aromatic rings. The van der Waals surface area contributed by atoms with Crippen molar-refractivity contribution in [2.75, 3.05) is 0 Å². The molecule has 0 spiro atoms. The minimum absolute atomic E-state index is 0.204. The predicted molar refractivity (Wildman–Crippen MR) is 94.6 cm³/mol. The van der Waals surface area contributed by atoms with Gasteiger partial charge in [-0.3, -0.25) is 4.79 Å². The molecule has 1 unspecified atom stereocenters. The SMILES string of the molecule is CCCCCC(=O)ONC(=O)OC(OC(=O)C(C)(C)C)c1ccccc1. The molecule has 0 aliphatic rings. The molecule has 7 nitrogen and oxygen atoms in total. The summed E-state index contributed by atoms with van der Waals surface area (Å²) in [6.07, 6.45) is 0.488. The van der Waals surface area contributed by atoms with Gasteiger partial charge in [0.15, 0.2) is 0 Å². The molecule has 0 aromatic heterocycles. The number of hydroxylamine groups is 1. The topological polar surface area (TPSA) is 90.9 Å². The van der Waals surface area contributed by atoms with Crippen LogP contribution < -0.4 is 5.48 Å². The first-order chi connectivity index (χ1) is 12.2. The largest absolute Gasteiger partial charge is 0.444 e. The summed E-state index contributed by atoms with van der Waals surface area (Å²) in [5, 5.41) is 0. The molecule has 0 radical (unpaired) electrons. The van der Waals surface area contributed by atoms with Crippen molar-refractivity contribution in [1.29, 1.82) is 0 Å². The molecule has 1 N–H and O–H groups in total. The molecule has 0 aliphatic heterocycles. The molecule has 1 rings (SSSR count). The summed E-state index contributed by atoms with van der Waals surface area (Å²) < 4.78 is 10.4. The lowest BCUT2D eigenvalue weighted by Gasteiger charge is -2.23. The summed E-state index contributed by atoms with van der Waals surface area (Å²) in [5.74, 6) is -1.09. The van der Waals surface area contributed by atoms with Gasteiger partial charge in [-0.25, -0.2) is 9.59 Å². The van der Waals surface area contributed by atoms with Crippen molar-refractivity contribution in [2.24, 2.45) is 5.41 Å². The van der Waals surface area contributed by atoms with Crippen molar-refractivity contribution >= 4 is 18.0 Å². The number of hydrogen-bond donors (Lipinski definition) is 1. The van der Waals surface area contributed by atoms with Crippen LogP contribution in [0.5, 0.6) is 0 Å². The first-order valence-electron chi connectivity index (χ1n) is 8.66. The highest BCUT2D eigenvalue weighted by molar-refractivity contribution is 5.76. The van der Waals surface area contributed by atoms with Gasteiger partial charge in [0, 0.05) is 12.0 Å². The lowest BCUT2D eigenvalue weighted by atomic mass is 9.97. The molecule has 0 saturated carbocycles. The zero-order valence-corrected chi connectivity index (χ0v) is 15.7. The van der Waals surface area contributed by atoms with Crippen molar-refractivity contribution in [3.8, 4) is 0 Å². The molecule has 1 aromatic carbocycles. The predicted octanol–water partition coefficient (Wildman–Crippen LogP) is 4.04. The van der Waals surface area contributed by atoms with Crippen LogP contribution in [0.4, 0.5) is 4.79 Å². The third-order valence-corrected chi connectivity index (χ3v) is 3.34. The Kier molecular flexibility index (Phi) is 8.61. The van der Waals surface area contributed by atoms with Gasteiger partial charge >= 0.3 is 18.0 Å². The first-order valence-corrected chi connectivity index (χ1v) is 8.66. The maximum absolute atomic E-state index is 12.1. The van der Waals surface area contributed by atoms with E-state index >= 15 is 0 Å². The normalized spacial score (nSPS) is 12.0. The number of esters is 1. The van der Waals surface area contributed by atoms with E-state index in [1.54, 1.807) is 51.1 Å². The number of benzene rings is 1. The number of hydrogen-bond acceptors (Lipinski definition) is 6. The van der Waals surface area contributed by atoms with Crippen LogP contribution in [-0.4, -0.2) is 18.0 Å². The Balaban J connectivity index is 2.63. The lowest BCUT2D eigenvalue weighted by Crippen LogP contribution is -2.32. The third-order valence-electron chi connectivity index (χ3n) is 3.34. The fraction of sp³-hybridized carbons (Fsp3) is 0.526. The third kappa shape index (κ3) is 8.00. The number of ether oxygens (including phenoxy) is 2. The molecular weight excluding hydrogens is 338 g/mol. The van der Waals surface area contributed by atoms with Gasteiger partial charge in [-0.2, -0.15) is 0 Å². The Labute approximate surface area is 154 Å². The van der Waals surface area contributed by atoms with E-state index in [-0.39, 0.29) is 6.42 Å². The molecule has 0 saturated heterocycles. The van der Waals surface area contributed by atoms with Crippen molar-refractivity contribution in [3.63, 3.8) is 0 Å². The Bertz CT molecular complexity index is 594. The summed E-state index contributed by atoms with van der Waals surface area (Å²) in [7, 11) is 0. The standard InChI is InChI=1S/C19H27NO6/c1-5-6-8-13-15(21)26-20-18(23)25-16(14-11-9-7-10-12-14)24-17(22)19(2,3)4/h7,9-12,16H,5-6,8,13H2,1-4H3,(H,20,23). The van der Waals surface area contributed by atoms with Crippen molar-refractivity contribution in [3.05, 3.63) is 35.9 Å². The fourth-order valence-electron chi connectivity index (χ4n) is 1.83. The van der Waals surface area contributed by atoms with Crippen LogP contribution in [0.3, 0.4) is 0 Å². The highest BCUT2D eigenvalue weighted by Crippen LogP contribution is 2.24. The Hall–Kier alpha value is -2.57. The minimum atomic E-state index is -1.25. The van der Waals surface area contributed by atoms with E-state index in [0.29, 0.717) is 12.0 Å². The van der Waals surface area contributed by atoms with Gasteiger partial charge in [-0.1, -0.05) is 50.1 Å². The average Bonchev–Trinajstić information content (AvgIpc) is 2.59. The Morgan fingerprint density at radius 1 is 1.04 bits per heavy atom. The molecule has 1 amide bonds. The summed E-state index contributed by atoms with van der Waals surface area (Å²) in [5.41, 5.74) is 1.64. The van der Waals surface area contributed by atoms with Crippen LogP contribution in [-0.2, 0) is 23.9 Å². The van der Waals surface area contributed by atoms with Crippen LogP contribution >= 0.6 is 0 Å². The van der Waals surface area contributed by atoms with Gasteiger partial charge in [-0.05, 0) is 27.2 Å². The van der Waals surface area contributed by atoms with Gasteiger partial charge in [0.25, 0.3) is 6.29 Å². The molecule has 1 atom stereocenters. The Morgan fingerprint density at radius 3 is 2.27 bits per heavy atom. The second kappa shape index (κ2) is 10.4. The average molecular weight is 365 g/mol. The molecule has 26 heavy (non-hydrogen) atoms. The molecule has 144 valence electrons. The molecule has 0 fully saturated rings. The summed E-state index contributed by atoms with van der Waals surface area (Å²) >= 11 is 0. The second-order valence-electron chi connectivity index (χ2n) is 6.84. The molecule has 0 aliphatic carbocycles. The van der Waals surface area contributed by atoms with Crippen LogP contribution in [0.1, 0.15) is 65.2 Å². The van der Waals surface area contributed by atoms with Crippen molar-refractivity contribution < 1.29 is 28.7 Å². The van der Waals surface area contributed by atoms with Gasteiger partial charge in [-0.15, -0.1) is 5.48 Å². The van der Waals surface area contributed by atoms with Gasteiger partial charge in [0.05, 0.1) is 5.41 Å². The van der Waals surface area contributed by atoms with Crippen molar-refractivity contribution in [1.82, 2.24) is 5.48 Å².